The molecule has 1 heterocycles. The first-order valence-corrected chi connectivity index (χ1v) is 8.82. The van der Waals surface area contributed by atoms with Crippen molar-refractivity contribution in [2.24, 2.45) is 17.6 Å². The van der Waals surface area contributed by atoms with E-state index in [1.807, 2.05) is 6.07 Å². The Kier molecular flexibility index (Phi) is 8.20. The number of piperidine rings is 1. The number of nitrogens with one attached hydrogen (secondary N) is 1. The molecule has 1 saturated heterocycles. The first kappa shape index (κ1) is 22.2. The molecule has 3 rings (SSSR count). The van der Waals surface area contributed by atoms with Gasteiger partial charge >= 0.3 is 0 Å². The minimum absolute atomic E-state index is 0. The highest BCUT2D eigenvalue weighted by molar-refractivity contribution is 5.88. The van der Waals surface area contributed by atoms with Gasteiger partial charge < -0.3 is 11.1 Å². The van der Waals surface area contributed by atoms with E-state index in [0.717, 1.165) is 44.3 Å². The zero-order chi connectivity index (χ0) is 16.4. The number of amides is 1. The second kappa shape index (κ2) is 9.22. The number of nitrogens with two attached hydrogens (primary N) is 1. The molecule has 2 atom stereocenters. The first-order valence-electron chi connectivity index (χ1n) is 8.82. The van der Waals surface area contributed by atoms with E-state index in [-0.39, 0.29) is 30.7 Å². The number of hydrogen-bond acceptors (Lipinski definition) is 3. The fraction of sp³-hybridized carbons (Fsp3) is 0.632. The fourth-order valence-corrected chi connectivity index (χ4v) is 3.76. The summed E-state index contributed by atoms with van der Waals surface area (Å²) in [5.41, 5.74) is 7.88. The van der Waals surface area contributed by atoms with Gasteiger partial charge in [-0.1, -0.05) is 38.1 Å². The summed E-state index contributed by atoms with van der Waals surface area (Å²) in [5.74, 6) is 1.52. The van der Waals surface area contributed by atoms with Gasteiger partial charge in [-0.15, -0.1) is 24.8 Å². The van der Waals surface area contributed by atoms with Crippen molar-refractivity contribution in [2.45, 2.75) is 51.7 Å². The second-order valence-corrected chi connectivity index (χ2v) is 7.75. The van der Waals surface area contributed by atoms with Crippen molar-refractivity contribution < 1.29 is 4.79 Å². The predicted octanol–water partition coefficient (Wildman–Crippen LogP) is 3.12. The standard InChI is InChI=1S/C19H29N3O.2ClH/c1-14-9-15(2)12-22(11-14)13-17-6-4-3-5-16(17)10-21-18(23)19(20)7-8-19;;/h3-6,14-15H,7-13,20H2,1-2H3,(H,21,23);2*1H. The molecule has 1 aliphatic carbocycles. The van der Waals surface area contributed by atoms with Crippen LogP contribution in [0.25, 0.3) is 0 Å². The molecule has 2 aliphatic rings. The summed E-state index contributed by atoms with van der Waals surface area (Å²) in [6, 6.07) is 8.42. The van der Waals surface area contributed by atoms with Gasteiger partial charge in [0, 0.05) is 26.2 Å². The molecule has 1 amide bonds. The van der Waals surface area contributed by atoms with Crippen molar-refractivity contribution in [3.63, 3.8) is 0 Å². The minimum Gasteiger partial charge on any atom is -0.350 e. The molecule has 0 spiro atoms. The van der Waals surface area contributed by atoms with Crippen LogP contribution in [0, 0.1) is 11.8 Å². The summed E-state index contributed by atoms with van der Waals surface area (Å²) in [6.07, 6.45) is 2.95. The van der Waals surface area contributed by atoms with Crippen molar-refractivity contribution in [2.75, 3.05) is 13.1 Å². The highest BCUT2D eigenvalue weighted by atomic mass is 35.5. The van der Waals surface area contributed by atoms with Crippen molar-refractivity contribution in [1.82, 2.24) is 10.2 Å². The van der Waals surface area contributed by atoms with Gasteiger partial charge in [0.2, 0.25) is 5.91 Å². The molecule has 1 saturated carbocycles. The summed E-state index contributed by atoms with van der Waals surface area (Å²) in [6.45, 7) is 8.55. The van der Waals surface area contributed by atoms with E-state index in [0.29, 0.717) is 6.54 Å². The molecule has 25 heavy (non-hydrogen) atoms. The molecule has 1 aromatic rings. The molecule has 0 radical (unpaired) electrons. The predicted molar refractivity (Wildman–Crippen MR) is 107 cm³/mol. The van der Waals surface area contributed by atoms with E-state index >= 15 is 0 Å². The fourth-order valence-electron chi connectivity index (χ4n) is 3.76. The zero-order valence-electron chi connectivity index (χ0n) is 15.2. The van der Waals surface area contributed by atoms with Crippen LogP contribution in [0.3, 0.4) is 0 Å². The molecule has 4 nitrogen and oxygen atoms in total. The molecule has 142 valence electrons. The van der Waals surface area contributed by atoms with Crippen molar-refractivity contribution in [3.05, 3.63) is 35.4 Å². The van der Waals surface area contributed by atoms with Crippen LogP contribution in [0.2, 0.25) is 0 Å². The zero-order valence-corrected chi connectivity index (χ0v) is 16.8. The lowest BCUT2D eigenvalue weighted by Gasteiger charge is -2.35. The van der Waals surface area contributed by atoms with E-state index in [4.69, 9.17) is 5.73 Å². The Morgan fingerprint density at radius 3 is 2.28 bits per heavy atom. The quantitative estimate of drug-likeness (QED) is 0.815. The van der Waals surface area contributed by atoms with E-state index in [9.17, 15) is 4.79 Å². The van der Waals surface area contributed by atoms with Gasteiger partial charge in [-0.05, 0) is 42.2 Å². The van der Waals surface area contributed by atoms with Crippen LogP contribution in [0.5, 0.6) is 0 Å². The van der Waals surface area contributed by atoms with E-state index in [1.165, 1.54) is 17.5 Å². The van der Waals surface area contributed by atoms with Gasteiger partial charge in [0.1, 0.15) is 0 Å². The third-order valence-corrected chi connectivity index (χ3v) is 5.14. The van der Waals surface area contributed by atoms with Gasteiger partial charge in [-0.2, -0.15) is 0 Å². The third-order valence-electron chi connectivity index (χ3n) is 5.14. The maximum absolute atomic E-state index is 12.0. The molecule has 3 N–H and O–H groups in total. The van der Waals surface area contributed by atoms with Crippen molar-refractivity contribution >= 4 is 30.7 Å². The summed E-state index contributed by atoms with van der Waals surface area (Å²) >= 11 is 0. The maximum Gasteiger partial charge on any atom is 0.240 e. The highest BCUT2D eigenvalue weighted by Crippen LogP contribution is 2.32. The van der Waals surface area contributed by atoms with Crippen LogP contribution in [0.15, 0.2) is 24.3 Å². The molecule has 2 unspecified atom stereocenters. The van der Waals surface area contributed by atoms with Crippen LogP contribution in [0.1, 0.15) is 44.2 Å². The molecule has 1 aromatic carbocycles. The summed E-state index contributed by atoms with van der Waals surface area (Å²) in [5, 5.41) is 3.01. The van der Waals surface area contributed by atoms with Crippen LogP contribution in [-0.2, 0) is 17.9 Å². The summed E-state index contributed by atoms with van der Waals surface area (Å²) in [7, 11) is 0. The Morgan fingerprint density at radius 1 is 1.16 bits per heavy atom. The largest absolute Gasteiger partial charge is 0.350 e. The van der Waals surface area contributed by atoms with Gasteiger partial charge in [0.05, 0.1) is 5.54 Å². The van der Waals surface area contributed by atoms with E-state index < -0.39 is 5.54 Å². The van der Waals surface area contributed by atoms with Crippen LogP contribution < -0.4 is 11.1 Å². The highest BCUT2D eigenvalue weighted by Gasteiger charge is 2.45. The Balaban J connectivity index is 0.00000156. The molecule has 2 fully saturated rings. The number of benzene rings is 1. The molecule has 6 heteroatoms. The summed E-state index contributed by atoms with van der Waals surface area (Å²) < 4.78 is 0. The number of rotatable bonds is 5. The molecular formula is C19H31Cl2N3O. The second-order valence-electron chi connectivity index (χ2n) is 7.75. The Bertz CT molecular complexity index is 568. The van der Waals surface area contributed by atoms with Crippen molar-refractivity contribution in [1.29, 1.82) is 0 Å². The average Bonchev–Trinajstić information content (AvgIpc) is 3.24. The third kappa shape index (κ3) is 5.85. The smallest absolute Gasteiger partial charge is 0.240 e. The SMILES string of the molecule is CC1CC(C)CN(Cc2ccccc2CNC(=O)C2(N)CC2)C1.Cl.Cl. The van der Waals surface area contributed by atoms with Crippen LogP contribution in [-0.4, -0.2) is 29.4 Å². The van der Waals surface area contributed by atoms with E-state index in [2.05, 4.69) is 42.3 Å². The molecule has 1 aliphatic heterocycles. The normalized spacial score (nSPS) is 24.6. The number of nitrogens with zero attached hydrogens (tertiary/aromatic N) is 1. The maximum atomic E-state index is 12.0. The summed E-state index contributed by atoms with van der Waals surface area (Å²) in [4.78, 5) is 14.6. The Hall–Kier alpha value is -0.810. The lowest BCUT2D eigenvalue weighted by atomic mass is 9.91. The molecule has 0 bridgehead atoms. The number of carbonyl (C=O) groups is 1. The average molecular weight is 388 g/mol. The molecule has 0 aromatic heterocycles. The number of likely N-dealkylation sites (tertiary alicyclic amines) is 1. The lowest BCUT2D eigenvalue weighted by Crippen LogP contribution is -2.42. The van der Waals surface area contributed by atoms with Crippen molar-refractivity contribution in [3.8, 4) is 0 Å². The van der Waals surface area contributed by atoms with E-state index in [1.54, 1.807) is 0 Å². The number of carbonyl (C=O) groups excluding carboxylic acids is 1. The minimum atomic E-state index is -0.591. The number of hydrogen-bond donors (Lipinski definition) is 2. The van der Waals surface area contributed by atoms with Gasteiger partial charge in [-0.25, -0.2) is 0 Å². The number of halogens is 2. The van der Waals surface area contributed by atoms with Gasteiger partial charge in [0.25, 0.3) is 0 Å². The van der Waals surface area contributed by atoms with Gasteiger partial charge in [0.15, 0.2) is 0 Å². The Morgan fingerprint density at radius 2 is 1.72 bits per heavy atom. The van der Waals surface area contributed by atoms with Crippen LogP contribution >= 0.6 is 24.8 Å². The topological polar surface area (TPSA) is 58.4 Å². The Labute approximate surface area is 163 Å². The van der Waals surface area contributed by atoms with Crippen LogP contribution in [0.4, 0.5) is 0 Å². The first-order chi connectivity index (χ1) is 11.0. The monoisotopic (exact) mass is 387 g/mol. The molecular weight excluding hydrogens is 357 g/mol. The lowest BCUT2D eigenvalue weighted by molar-refractivity contribution is -0.123. The van der Waals surface area contributed by atoms with Gasteiger partial charge in [-0.3, -0.25) is 9.69 Å².